The fourth-order valence-electron chi connectivity index (χ4n) is 9.90. The lowest BCUT2D eigenvalue weighted by molar-refractivity contribution is -0.870. The second kappa shape index (κ2) is 55.7. The summed E-state index contributed by atoms with van der Waals surface area (Å²) in [5.41, 5.74) is 0. The molecule has 0 aromatic rings. The molecule has 0 saturated heterocycles. The van der Waals surface area contributed by atoms with Gasteiger partial charge in [-0.05, 0) is 44.9 Å². The normalized spacial score (nSPS) is 13.9. The van der Waals surface area contributed by atoms with Gasteiger partial charge in [-0.25, -0.2) is 0 Å². The van der Waals surface area contributed by atoms with Gasteiger partial charge in [-0.3, -0.25) is 9.36 Å². The third-order valence-electron chi connectivity index (χ3n) is 14.9. The fourth-order valence-corrected chi connectivity index (χ4v) is 10.6. The highest BCUT2D eigenvalue weighted by Crippen LogP contribution is 2.38. The minimum absolute atomic E-state index is 0.0139. The summed E-state index contributed by atoms with van der Waals surface area (Å²) in [7, 11) is 1.32. The van der Waals surface area contributed by atoms with Gasteiger partial charge in [0.2, 0.25) is 5.91 Å². The number of phosphoric ester groups is 1. The molecule has 0 heterocycles. The predicted octanol–water partition coefficient (Wildman–Crippen LogP) is 19.3. The van der Waals surface area contributed by atoms with Gasteiger partial charge in [0.15, 0.2) is 0 Å². The fraction of sp³-hybridized carbons (Fsp3) is 0.922. The Morgan fingerprint density at radius 2 is 0.795 bits per heavy atom. The van der Waals surface area contributed by atoms with Crippen LogP contribution in [0.5, 0.6) is 0 Å². The van der Waals surface area contributed by atoms with Gasteiger partial charge in [0.1, 0.15) is 13.2 Å². The third-order valence-corrected chi connectivity index (χ3v) is 15.9. The molecule has 73 heavy (non-hydrogen) atoms. The number of carbonyl (C=O) groups excluding carboxylic acids is 1. The molecule has 0 radical (unpaired) electrons. The Morgan fingerprint density at radius 1 is 0.479 bits per heavy atom. The van der Waals surface area contributed by atoms with Gasteiger partial charge >= 0.3 is 0 Å². The average Bonchev–Trinajstić information content (AvgIpc) is 3.35. The molecule has 0 aliphatic heterocycles. The molecule has 1 amide bonds. The van der Waals surface area contributed by atoms with E-state index in [1.54, 1.807) is 0 Å². The molecule has 0 fully saturated rings. The van der Waals surface area contributed by atoms with Crippen molar-refractivity contribution >= 4 is 13.7 Å². The summed E-state index contributed by atoms with van der Waals surface area (Å²) in [4.78, 5) is 25.6. The first kappa shape index (κ1) is 72.0. The number of nitrogens with zero attached hydrogens (tertiary/aromatic N) is 1. The number of phosphoric acid groups is 1. The van der Waals surface area contributed by atoms with Crippen molar-refractivity contribution in [2.45, 2.75) is 341 Å². The number of hydrogen-bond donors (Lipinski definition) is 2. The first-order valence-corrected chi connectivity index (χ1v) is 33.6. The van der Waals surface area contributed by atoms with Crippen LogP contribution in [0.3, 0.4) is 0 Å². The topological polar surface area (TPSA) is 108 Å². The molecule has 0 aromatic heterocycles. The second-order valence-corrected chi connectivity index (χ2v) is 24.9. The predicted molar refractivity (Wildman–Crippen MR) is 316 cm³/mol. The van der Waals surface area contributed by atoms with Crippen LogP contribution in [0.2, 0.25) is 0 Å². The zero-order valence-electron chi connectivity index (χ0n) is 49.6. The van der Waals surface area contributed by atoms with Gasteiger partial charge in [-0.2, -0.15) is 0 Å². The van der Waals surface area contributed by atoms with Crippen LogP contribution in [0.1, 0.15) is 328 Å². The second-order valence-electron chi connectivity index (χ2n) is 23.5. The number of amides is 1. The molecular weight excluding hydrogens is 924 g/mol. The largest absolute Gasteiger partial charge is 0.756 e. The first-order chi connectivity index (χ1) is 35.5. The Balaban J connectivity index is 4.08. The Morgan fingerprint density at radius 3 is 1.14 bits per heavy atom. The van der Waals surface area contributed by atoms with Crippen LogP contribution in [-0.2, 0) is 18.4 Å². The van der Waals surface area contributed by atoms with E-state index in [4.69, 9.17) is 9.05 Å². The van der Waals surface area contributed by atoms with Crippen LogP contribution >= 0.6 is 7.82 Å². The summed E-state index contributed by atoms with van der Waals surface area (Å²) in [5.74, 6) is -0.160. The highest BCUT2D eigenvalue weighted by molar-refractivity contribution is 7.45. The number of likely N-dealkylation sites (N-methyl/N-ethyl adjacent to an activating group) is 1. The van der Waals surface area contributed by atoms with Crippen LogP contribution < -0.4 is 10.2 Å². The summed E-state index contributed by atoms with van der Waals surface area (Å²) in [6, 6.07) is -0.801. The Kier molecular flexibility index (Phi) is 54.9. The molecule has 3 atom stereocenters. The maximum Gasteiger partial charge on any atom is 0.268 e. The molecule has 8 nitrogen and oxygen atoms in total. The molecular formula is C64H127N2O6P. The maximum absolute atomic E-state index is 13.0. The zero-order valence-corrected chi connectivity index (χ0v) is 50.5. The average molecular weight is 1050 g/mol. The van der Waals surface area contributed by atoms with Crippen molar-refractivity contribution in [3.63, 3.8) is 0 Å². The van der Waals surface area contributed by atoms with Gasteiger partial charge < -0.3 is 28.8 Å². The molecule has 0 saturated carbocycles. The van der Waals surface area contributed by atoms with Crippen LogP contribution in [0.4, 0.5) is 0 Å². The number of carbonyl (C=O) groups is 1. The first-order valence-electron chi connectivity index (χ1n) is 32.2. The van der Waals surface area contributed by atoms with Crippen molar-refractivity contribution in [2.24, 2.45) is 0 Å². The molecule has 0 aromatic carbocycles. The SMILES string of the molecule is CCCCCCC/C=C\C/C=C\CCCCCCCCCCCCCCCC(=O)NC(COP(=O)([O-])OCC[N+](C)(C)C)C(O)CCCCCCCCCCCCCCCCCCCCCCCCCCCC. The summed E-state index contributed by atoms with van der Waals surface area (Å²) in [6.07, 6.45) is 70.8. The molecule has 0 aliphatic rings. The van der Waals surface area contributed by atoms with Gasteiger partial charge in [0, 0.05) is 6.42 Å². The quantitative estimate of drug-likeness (QED) is 0.0272. The lowest BCUT2D eigenvalue weighted by Crippen LogP contribution is -2.46. The zero-order chi connectivity index (χ0) is 53.5. The van der Waals surface area contributed by atoms with Crippen molar-refractivity contribution in [1.29, 1.82) is 0 Å². The molecule has 0 bridgehead atoms. The number of hydrogen-bond acceptors (Lipinski definition) is 6. The monoisotopic (exact) mass is 1050 g/mol. The minimum atomic E-state index is -4.58. The smallest absolute Gasteiger partial charge is 0.268 e. The van der Waals surface area contributed by atoms with Crippen molar-refractivity contribution in [3.8, 4) is 0 Å². The number of nitrogens with one attached hydrogen (secondary N) is 1. The standard InChI is InChI=1S/C64H127N2O6P/c1-6-8-10-12-14-16-18-20-22-24-26-28-30-32-34-35-37-39-41-43-45-47-49-51-53-55-57-63(67)62(61-72-73(69,70)71-60-59-66(3,4)5)65-64(68)58-56-54-52-50-48-46-44-42-40-38-36-33-31-29-27-25-23-21-19-17-15-13-11-9-7-2/h19,21,25,27,62-63,67H,6-18,20,22-24,26,28-61H2,1-5H3,(H-,65,68,69,70)/b21-19-,27-25-. The Hall–Kier alpha value is -1.02. The maximum atomic E-state index is 13.0. The summed E-state index contributed by atoms with van der Waals surface area (Å²) >= 11 is 0. The van der Waals surface area contributed by atoms with Gasteiger partial charge in [0.05, 0.1) is 39.9 Å². The highest BCUT2D eigenvalue weighted by Gasteiger charge is 2.24. The minimum Gasteiger partial charge on any atom is -0.756 e. The molecule has 3 unspecified atom stereocenters. The molecule has 0 aliphatic carbocycles. The number of rotatable bonds is 60. The van der Waals surface area contributed by atoms with Crippen LogP contribution in [0, 0.1) is 0 Å². The molecule has 434 valence electrons. The number of allylic oxidation sites excluding steroid dienone is 4. The van der Waals surface area contributed by atoms with Crippen LogP contribution in [0.15, 0.2) is 24.3 Å². The number of aliphatic hydroxyl groups is 1. The Bertz CT molecular complexity index is 1240. The lowest BCUT2D eigenvalue weighted by atomic mass is 10.0. The van der Waals surface area contributed by atoms with E-state index in [2.05, 4.69) is 43.5 Å². The van der Waals surface area contributed by atoms with Crippen LogP contribution in [0.25, 0.3) is 0 Å². The number of aliphatic hydroxyl groups excluding tert-OH is 1. The third kappa shape index (κ3) is 58.5. The molecule has 0 rings (SSSR count). The number of unbranched alkanes of at least 4 members (excludes halogenated alkanes) is 43. The number of quaternary nitrogens is 1. The van der Waals surface area contributed by atoms with Crippen molar-refractivity contribution in [2.75, 3.05) is 40.9 Å². The van der Waals surface area contributed by atoms with E-state index < -0.39 is 20.0 Å². The molecule has 0 spiro atoms. The van der Waals surface area contributed by atoms with E-state index in [1.165, 1.54) is 257 Å². The summed E-state index contributed by atoms with van der Waals surface area (Å²) in [5, 5.41) is 14.1. The van der Waals surface area contributed by atoms with Gasteiger partial charge in [-0.1, -0.05) is 301 Å². The van der Waals surface area contributed by atoms with E-state index in [1.807, 2.05) is 21.1 Å². The summed E-state index contributed by atoms with van der Waals surface area (Å²) in [6.45, 7) is 4.76. The lowest BCUT2D eigenvalue weighted by Gasteiger charge is -2.30. The molecule has 9 heteroatoms. The van der Waals surface area contributed by atoms with Gasteiger partial charge in [-0.15, -0.1) is 0 Å². The summed E-state index contributed by atoms with van der Waals surface area (Å²) < 4.78 is 23.5. The van der Waals surface area contributed by atoms with E-state index in [-0.39, 0.29) is 19.1 Å². The van der Waals surface area contributed by atoms with Crippen LogP contribution in [-0.4, -0.2) is 68.5 Å². The Labute approximate surface area is 455 Å². The van der Waals surface area contributed by atoms with E-state index >= 15 is 0 Å². The van der Waals surface area contributed by atoms with Crippen molar-refractivity contribution in [1.82, 2.24) is 5.32 Å². The van der Waals surface area contributed by atoms with E-state index in [0.29, 0.717) is 23.9 Å². The van der Waals surface area contributed by atoms with Crippen molar-refractivity contribution in [3.05, 3.63) is 24.3 Å². The van der Waals surface area contributed by atoms with E-state index in [9.17, 15) is 19.4 Å². The van der Waals surface area contributed by atoms with Crippen molar-refractivity contribution < 1.29 is 32.9 Å². The highest BCUT2D eigenvalue weighted by atomic mass is 31.2. The van der Waals surface area contributed by atoms with Gasteiger partial charge in [0.25, 0.3) is 7.82 Å². The molecule has 2 N–H and O–H groups in total. The van der Waals surface area contributed by atoms with E-state index in [0.717, 1.165) is 44.9 Å².